The number of hydrogen-bond donors (Lipinski definition) is 2. The number of aryl methyl sites for hydroxylation is 1. The molecule has 4 nitrogen and oxygen atoms in total. The zero-order valence-corrected chi connectivity index (χ0v) is 13.8. The van der Waals surface area contributed by atoms with Crippen molar-refractivity contribution in [3.8, 4) is 11.3 Å². The molecule has 2 N–H and O–H groups in total. The number of hydrogen-bond acceptors (Lipinski definition) is 4. The first-order valence-electron chi connectivity index (χ1n) is 7.27. The molecule has 0 atom stereocenters. The Kier molecular flexibility index (Phi) is 4.39. The van der Waals surface area contributed by atoms with Gasteiger partial charge in [-0.15, -0.1) is 11.3 Å². The van der Waals surface area contributed by atoms with Gasteiger partial charge in [-0.25, -0.2) is 4.98 Å². The van der Waals surface area contributed by atoms with Crippen LogP contribution < -0.4 is 10.6 Å². The molecule has 0 aliphatic carbocycles. The van der Waals surface area contributed by atoms with Crippen molar-refractivity contribution >= 4 is 33.8 Å². The van der Waals surface area contributed by atoms with E-state index in [0.717, 1.165) is 27.8 Å². The lowest BCUT2D eigenvalue weighted by Crippen LogP contribution is -2.05. The second-order valence-corrected chi connectivity index (χ2v) is 6.15. The van der Waals surface area contributed by atoms with Crippen LogP contribution in [0, 0.1) is 6.92 Å². The number of benzene rings is 2. The van der Waals surface area contributed by atoms with E-state index in [9.17, 15) is 4.79 Å². The van der Waals surface area contributed by atoms with Crippen molar-refractivity contribution in [1.29, 1.82) is 0 Å². The fourth-order valence-corrected chi connectivity index (χ4v) is 2.98. The Hall–Kier alpha value is -2.66. The van der Waals surface area contributed by atoms with E-state index in [4.69, 9.17) is 0 Å². The Morgan fingerprint density at radius 3 is 2.57 bits per heavy atom. The summed E-state index contributed by atoms with van der Waals surface area (Å²) in [6.07, 6.45) is 0. The van der Waals surface area contributed by atoms with Gasteiger partial charge in [-0.05, 0) is 36.8 Å². The van der Waals surface area contributed by atoms with E-state index < -0.39 is 0 Å². The lowest BCUT2D eigenvalue weighted by molar-refractivity contribution is -0.114. The number of nitrogens with one attached hydrogen (secondary N) is 2. The number of carbonyl (C=O) groups excluding carboxylic acids is 1. The van der Waals surface area contributed by atoms with Crippen LogP contribution in [0.25, 0.3) is 11.3 Å². The molecule has 1 aromatic heterocycles. The summed E-state index contributed by atoms with van der Waals surface area (Å²) in [5.74, 6) is -0.0731. The van der Waals surface area contributed by atoms with Crippen LogP contribution in [0.15, 0.2) is 53.9 Å². The number of amides is 1. The second-order valence-electron chi connectivity index (χ2n) is 5.29. The minimum atomic E-state index is -0.0731. The number of carbonyl (C=O) groups is 1. The molecule has 1 amide bonds. The minimum Gasteiger partial charge on any atom is -0.332 e. The van der Waals surface area contributed by atoms with Crippen molar-refractivity contribution < 1.29 is 4.79 Å². The SMILES string of the molecule is CC(=O)Nc1ccc(-c2csc(Nc3cccc(C)c3)n2)cc1. The van der Waals surface area contributed by atoms with Gasteiger partial charge >= 0.3 is 0 Å². The van der Waals surface area contributed by atoms with Crippen LogP contribution in [0.1, 0.15) is 12.5 Å². The molecule has 0 aliphatic rings. The largest absolute Gasteiger partial charge is 0.332 e. The van der Waals surface area contributed by atoms with Gasteiger partial charge in [-0.2, -0.15) is 0 Å². The molecule has 3 rings (SSSR count). The summed E-state index contributed by atoms with van der Waals surface area (Å²) in [4.78, 5) is 15.7. The van der Waals surface area contributed by atoms with Crippen LogP contribution in [0.2, 0.25) is 0 Å². The maximum absolute atomic E-state index is 11.0. The summed E-state index contributed by atoms with van der Waals surface area (Å²) in [7, 11) is 0. The Morgan fingerprint density at radius 1 is 1.09 bits per heavy atom. The number of anilines is 3. The molecule has 0 radical (unpaired) electrons. The fourth-order valence-electron chi connectivity index (χ4n) is 2.24. The van der Waals surface area contributed by atoms with Crippen LogP contribution in [0.4, 0.5) is 16.5 Å². The lowest BCUT2D eigenvalue weighted by atomic mass is 10.1. The molecule has 0 spiro atoms. The van der Waals surface area contributed by atoms with Crippen molar-refractivity contribution in [2.45, 2.75) is 13.8 Å². The van der Waals surface area contributed by atoms with Crippen molar-refractivity contribution in [3.63, 3.8) is 0 Å². The van der Waals surface area contributed by atoms with Gasteiger partial charge in [-0.3, -0.25) is 4.79 Å². The fraction of sp³-hybridized carbons (Fsp3) is 0.111. The highest BCUT2D eigenvalue weighted by atomic mass is 32.1. The molecule has 1 heterocycles. The number of rotatable bonds is 4. The highest BCUT2D eigenvalue weighted by Crippen LogP contribution is 2.28. The van der Waals surface area contributed by atoms with Gasteiger partial charge in [0.05, 0.1) is 5.69 Å². The third-order valence-electron chi connectivity index (χ3n) is 3.27. The molecular formula is C18H17N3OS. The third kappa shape index (κ3) is 3.96. The molecule has 116 valence electrons. The molecule has 0 fully saturated rings. The van der Waals surface area contributed by atoms with Gasteiger partial charge in [0.1, 0.15) is 0 Å². The number of nitrogens with zero attached hydrogens (tertiary/aromatic N) is 1. The van der Waals surface area contributed by atoms with E-state index >= 15 is 0 Å². The molecule has 0 unspecified atom stereocenters. The van der Waals surface area contributed by atoms with Crippen molar-refractivity contribution in [2.75, 3.05) is 10.6 Å². The Balaban J connectivity index is 1.75. The predicted molar refractivity (Wildman–Crippen MR) is 96.3 cm³/mol. The quantitative estimate of drug-likeness (QED) is 0.723. The van der Waals surface area contributed by atoms with E-state index in [1.54, 1.807) is 11.3 Å². The van der Waals surface area contributed by atoms with E-state index in [0.29, 0.717) is 0 Å². The molecule has 0 aliphatic heterocycles. The van der Waals surface area contributed by atoms with Crippen LogP contribution in [0.5, 0.6) is 0 Å². The third-order valence-corrected chi connectivity index (χ3v) is 4.03. The Morgan fingerprint density at radius 2 is 1.87 bits per heavy atom. The van der Waals surface area contributed by atoms with Gasteiger partial charge in [-0.1, -0.05) is 24.3 Å². The van der Waals surface area contributed by atoms with Crippen LogP contribution >= 0.6 is 11.3 Å². The first-order valence-corrected chi connectivity index (χ1v) is 8.15. The molecule has 3 aromatic rings. The first kappa shape index (κ1) is 15.2. The number of thiazole rings is 1. The van der Waals surface area contributed by atoms with Crippen LogP contribution in [-0.2, 0) is 4.79 Å². The van der Waals surface area contributed by atoms with Crippen molar-refractivity contribution in [3.05, 3.63) is 59.5 Å². The van der Waals surface area contributed by atoms with Gasteiger partial charge < -0.3 is 10.6 Å². The molecular weight excluding hydrogens is 306 g/mol. The highest BCUT2D eigenvalue weighted by Gasteiger charge is 2.05. The maximum Gasteiger partial charge on any atom is 0.221 e. The molecule has 5 heteroatoms. The van der Waals surface area contributed by atoms with E-state index in [2.05, 4.69) is 34.7 Å². The van der Waals surface area contributed by atoms with Crippen molar-refractivity contribution in [2.24, 2.45) is 0 Å². The Labute approximate surface area is 139 Å². The average Bonchev–Trinajstić information content (AvgIpc) is 2.96. The summed E-state index contributed by atoms with van der Waals surface area (Å²) < 4.78 is 0. The summed E-state index contributed by atoms with van der Waals surface area (Å²) >= 11 is 1.57. The summed E-state index contributed by atoms with van der Waals surface area (Å²) in [6.45, 7) is 3.56. The van der Waals surface area contributed by atoms with Gasteiger partial charge in [0.2, 0.25) is 5.91 Å². The standard InChI is InChI=1S/C18H17N3OS/c1-12-4-3-5-16(10-12)20-18-21-17(11-23-18)14-6-8-15(9-7-14)19-13(2)22/h3-11H,1-2H3,(H,19,22)(H,20,21). The van der Waals surface area contributed by atoms with Gasteiger partial charge in [0.25, 0.3) is 0 Å². The van der Waals surface area contributed by atoms with E-state index in [1.807, 2.05) is 41.8 Å². The monoisotopic (exact) mass is 323 g/mol. The smallest absolute Gasteiger partial charge is 0.221 e. The highest BCUT2D eigenvalue weighted by molar-refractivity contribution is 7.14. The molecule has 0 bridgehead atoms. The average molecular weight is 323 g/mol. The Bertz CT molecular complexity index is 824. The zero-order valence-electron chi connectivity index (χ0n) is 13.0. The minimum absolute atomic E-state index is 0.0731. The summed E-state index contributed by atoms with van der Waals surface area (Å²) in [5, 5.41) is 8.96. The van der Waals surface area contributed by atoms with Gasteiger partial charge in [0.15, 0.2) is 5.13 Å². The van der Waals surface area contributed by atoms with Crippen LogP contribution in [0.3, 0.4) is 0 Å². The normalized spacial score (nSPS) is 10.3. The van der Waals surface area contributed by atoms with E-state index in [1.165, 1.54) is 12.5 Å². The summed E-state index contributed by atoms with van der Waals surface area (Å²) in [6, 6.07) is 15.9. The molecule has 0 saturated heterocycles. The first-order chi connectivity index (χ1) is 11.1. The lowest BCUT2D eigenvalue weighted by Gasteiger charge is -2.04. The predicted octanol–water partition coefficient (Wildman–Crippen LogP) is 4.82. The van der Waals surface area contributed by atoms with Gasteiger partial charge in [0, 0.05) is 29.2 Å². The zero-order chi connectivity index (χ0) is 16.2. The van der Waals surface area contributed by atoms with Crippen molar-refractivity contribution in [1.82, 2.24) is 4.98 Å². The second kappa shape index (κ2) is 6.62. The summed E-state index contributed by atoms with van der Waals surface area (Å²) in [5.41, 5.74) is 4.97. The van der Waals surface area contributed by atoms with Crippen LogP contribution in [-0.4, -0.2) is 10.9 Å². The molecule has 0 saturated carbocycles. The topological polar surface area (TPSA) is 54.0 Å². The maximum atomic E-state index is 11.0. The number of aromatic nitrogens is 1. The van der Waals surface area contributed by atoms with E-state index in [-0.39, 0.29) is 5.91 Å². The molecule has 23 heavy (non-hydrogen) atoms. The molecule has 2 aromatic carbocycles.